The van der Waals surface area contributed by atoms with Crippen LogP contribution in [0.15, 0.2) is 41.2 Å². The number of phenolic OH excluding ortho intramolecular Hbond substituents is 2. The van der Waals surface area contributed by atoms with Crippen molar-refractivity contribution < 1.29 is 14.9 Å². The van der Waals surface area contributed by atoms with Gasteiger partial charge in [0.1, 0.15) is 0 Å². The summed E-state index contributed by atoms with van der Waals surface area (Å²) in [5.74, 6) is 0.264. The molecule has 1 aromatic heterocycles. The minimum absolute atomic E-state index is 0.00861. The fourth-order valence-electron chi connectivity index (χ4n) is 5.48. The molecule has 0 radical (unpaired) electrons. The van der Waals surface area contributed by atoms with Crippen LogP contribution < -0.4 is 11.4 Å². The van der Waals surface area contributed by atoms with E-state index in [0.717, 1.165) is 61.1 Å². The number of aromatic nitrogens is 2. The Hall–Kier alpha value is -2.81. The molecule has 1 fully saturated rings. The zero-order valence-corrected chi connectivity index (χ0v) is 18.7. The van der Waals surface area contributed by atoms with Gasteiger partial charge in [-0.2, -0.15) is 0 Å². The number of nitrogens with zero attached hydrogens (tertiary/aromatic N) is 2. The smallest absolute Gasteiger partial charge is 0.326 e. The maximum Gasteiger partial charge on any atom is 0.326 e. The SMILES string of the molecule is NCC1OC(C2CCN(CCCn3c(=O)[nH]c4ccccc43)CC2)Cc2c1ccc(O)c2O. The maximum atomic E-state index is 12.3. The van der Waals surface area contributed by atoms with Crippen molar-refractivity contribution in [3.63, 3.8) is 0 Å². The average molecular weight is 453 g/mol. The van der Waals surface area contributed by atoms with E-state index in [1.54, 1.807) is 6.07 Å². The van der Waals surface area contributed by atoms with Crippen LogP contribution in [-0.4, -0.2) is 56.9 Å². The molecular formula is C25H32N4O4. The van der Waals surface area contributed by atoms with Crippen LogP contribution in [0.5, 0.6) is 11.5 Å². The molecule has 0 amide bonds. The largest absolute Gasteiger partial charge is 0.504 e. The van der Waals surface area contributed by atoms with Crippen molar-refractivity contribution in [3.05, 3.63) is 58.0 Å². The first-order valence-corrected chi connectivity index (χ1v) is 11.8. The van der Waals surface area contributed by atoms with Gasteiger partial charge >= 0.3 is 5.69 Å². The molecule has 33 heavy (non-hydrogen) atoms. The highest BCUT2D eigenvalue weighted by Gasteiger charge is 2.35. The molecule has 8 nitrogen and oxygen atoms in total. The van der Waals surface area contributed by atoms with Crippen molar-refractivity contribution in [2.24, 2.45) is 11.7 Å². The Kier molecular flexibility index (Phi) is 6.14. The number of fused-ring (bicyclic) bond motifs is 2. The molecule has 1 saturated heterocycles. The molecule has 0 bridgehead atoms. The number of aromatic amines is 1. The number of rotatable bonds is 6. The first-order valence-electron chi connectivity index (χ1n) is 11.8. The van der Waals surface area contributed by atoms with Gasteiger partial charge in [-0.3, -0.25) is 4.57 Å². The molecular weight excluding hydrogens is 420 g/mol. The van der Waals surface area contributed by atoms with Gasteiger partial charge in [-0.15, -0.1) is 0 Å². The second kappa shape index (κ2) is 9.21. The average Bonchev–Trinajstić information content (AvgIpc) is 3.16. The number of phenols is 2. The Balaban J connectivity index is 1.16. The van der Waals surface area contributed by atoms with Crippen molar-refractivity contribution in [3.8, 4) is 11.5 Å². The molecule has 2 unspecified atom stereocenters. The highest BCUT2D eigenvalue weighted by atomic mass is 16.5. The van der Waals surface area contributed by atoms with E-state index in [4.69, 9.17) is 10.5 Å². The van der Waals surface area contributed by atoms with E-state index in [0.29, 0.717) is 25.4 Å². The van der Waals surface area contributed by atoms with Gasteiger partial charge in [0.15, 0.2) is 11.5 Å². The van der Waals surface area contributed by atoms with Gasteiger partial charge < -0.3 is 30.6 Å². The standard InChI is InChI=1S/C25H32N4O4/c26-15-23-17-6-7-21(30)24(31)18(17)14-22(33-23)16-8-12-28(13-9-16)10-3-11-29-20-5-2-1-4-19(20)27-25(29)32/h1-2,4-7,16,22-23,30-31H,3,8-15,26H2,(H,27,32). The Labute approximate surface area is 192 Å². The Bertz CT molecular complexity index is 1180. The van der Waals surface area contributed by atoms with Crippen molar-refractivity contribution in [1.29, 1.82) is 0 Å². The fraction of sp³-hybridized carbons (Fsp3) is 0.480. The Morgan fingerprint density at radius 1 is 1.09 bits per heavy atom. The number of nitrogens with one attached hydrogen (secondary N) is 1. The second-order valence-corrected chi connectivity index (χ2v) is 9.24. The number of imidazole rings is 1. The molecule has 0 saturated carbocycles. The number of para-hydroxylation sites is 2. The number of H-pyrrole nitrogens is 1. The molecule has 2 aromatic carbocycles. The summed E-state index contributed by atoms with van der Waals surface area (Å²) >= 11 is 0. The van der Waals surface area contributed by atoms with E-state index in [-0.39, 0.29) is 29.4 Å². The van der Waals surface area contributed by atoms with E-state index >= 15 is 0 Å². The van der Waals surface area contributed by atoms with Crippen LogP contribution >= 0.6 is 0 Å². The van der Waals surface area contributed by atoms with Crippen LogP contribution in [0.4, 0.5) is 0 Å². The summed E-state index contributed by atoms with van der Waals surface area (Å²) in [6, 6.07) is 11.1. The topological polar surface area (TPSA) is 117 Å². The van der Waals surface area contributed by atoms with E-state index in [1.165, 1.54) is 6.07 Å². The molecule has 2 aliphatic heterocycles. The third kappa shape index (κ3) is 4.26. The van der Waals surface area contributed by atoms with E-state index < -0.39 is 0 Å². The summed E-state index contributed by atoms with van der Waals surface area (Å²) in [4.78, 5) is 17.6. The molecule has 5 rings (SSSR count). The zero-order valence-electron chi connectivity index (χ0n) is 18.7. The summed E-state index contributed by atoms with van der Waals surface area (Å²) in [5.41, 5.74) is 9.40. The number of benzene rings is 2. The van der Waals surface area contributed by atoms with Crippen LogP contribution in [0.1, 0.15) is 36.5 Å². The minimum Gasteiger partial charge on any atom is -0.504 e. The normalized spacial score (nSPS) is 22.0. The lowest BCUT2D eigenvalue weighted by Crippen LogP contribution is -2.42. The van der Waals surface area contributed by atoms with Gasteiger partial charge in [0, 0.05) is 25.1 Å². The van der Waals surface area contributed by atoms with Gasteiger partial charge in [0.25, 0.3) is 0 Å². The maximum absolute atomic E-state index is 12.3. The summed E-state index contributed by atoms with van der Waals surface area (Å²) in [6.45, 7) is 3.97. The van der Waals surface area contributed by atoms with Crippen molar-refractivity contribution >= 4 is 11.0 Å². The van der Waals surface area contributed by atoms with E-state index in [1.807, 2.05) is 28.8 Å². The van der Waals surface area contributed by atoms with Crippen molar-refractivity contribution in [1.82, 2.24) is 14.5 Å². The quantitative estimate of drug-likeness (QED) is 0.427. The third-order valence-electron chi connectivity index (χ3n) is 7.30. The first-order chi connectivity index (χ1) is 16.0. The first kappa shape index (κ1) is 22.0. The number of aromatic hydroxyl groups is 2. The third-order valence-corrected chi connectivity index (χ3v) is 7.30. The molecule has 0 aliphatic carbocycles. The molecule has 3 heterocycles. The molecule has 5 N–H and O–H groups in total. The molecule has 2 aliphatic rings. The Morgan fingerprint density at radius 3 is 2.67 bits per heavy atom. The number of ether oxygens (including phenoxy) is 1. The zero-order chi connectivity index (χ0) is 22.9. The number of hydrogen-bond acceptors (Lipinski definition) is 6. The minimum atomic E-state index is -0.252. The van der Waals surface area contributed by atoms with Gasteiger partial charge in [0.2, 0.25) is 0 Å². The second-order valence-electron chi connectivity index (χ2n) is 9.24. The van der Waals surface area contributed by atoms with Gasteiger partial charge in [0.05, 0.1) is 23.2 Å². The molecule has 2 atom stereocenters. The molecule has 8 heteroatoms. The van der Waals surface area contributed by atoms with Gasteiger partial charge in [-0.25, -0.2) is 4.79 Å². The summed E-state index contributed by atoms with van der Waals surface area (Å²) in [7, 11) is 0. The van der Waals surface area contributed by atoms with E-state index in [9.17, 15) is 15.0 Å². The number of nitrogens with two attached hydrogens (primary N) is 1. The fourth-order valence-corrected chi connectivity index (χ4v) is 5.48. The monoisotopic (exact) mass is 452 g/mol. The Morgan fingerprint density at radius 2 is 1.88 bits per heavy atom. The van der Waals surface area contributed by atoms with Crippen molar-refractivity contribution in [2.75, 3.05) is 26.2 Å². The molecule has 176 valence electrons. The van der Waals surface area contributed by atoms with Crippen LogP contribution in [-0.2, 0) is 17.7 Å². The molecule has 0 spiro atoms. The highest BCUT2D eigenvalue weighted by Crippen LogP contribution is 2.42. The summed E-state index contributed by atoms with van der Waals surface area (Å²) < 4.78 is 8.16. The number of hydrogen-bond donors (Lipinski definition) is 4. The lowest BCUT2D eigenvalue weighted by Gasteiger charge is -2.40. The lowest BCUT2D eigenvalue weighted by molar-refractivity contribution is -0.0647. The summed E-state index contributed by atoms with van der Waals surface area (Å²) in [5, 5.41) is 20.3. The number of piperidine rings is 1. The van der Waals surface area contributed by atoms with Crippen LogP contribution in [0.3, 0.4) is 0 Å². The number of likely N-dealkylation sites (tertiary alicyclic amines) is 1. The predicted octanol–water partition coefficient (Wildman–Crippen LogP) is 2.48. The molecule has 3 aromatic rings. The predicted molar refractivity (Wildman–Crippen MR) is 126 cm³/mol. The number of aryl methyl sites for hydroxylation is 1. The summed E-state index contributed by atoms with van der Waals surface area (Å²) in [6.07, 6.45) is 3.29. The highest BCUT2D eigenvalue weighted by molar-refractivity contribution is 5.74. The van der Waals surface area contributed by atoms with Crippen LogP contribution in [0.2, 0.25) is 0 Å². The van der Waals surface area contributed by atoms with Crippen LogP contribution in [0, 0.1) is 5.92 Å². The van der Waals surface area contributed by atoms with Crippen molar-refractivity contribution in [2.45, 2.75) is 44.4 Å². The lowest BCUT2D eigenvalue weighted by atomic mass is 9.83. The van der Waals surface area contributed by atoms with E-state index in [2.05, 4.69) is 9.88 Å². The van der Waals surface area contributed by atoms with Gasteiger partial charge in [-0.05, 0) is 68.6 Å². The van der Waals surface area contributed by atoms with Gasteiger partial charge in [-0.1, -0.05) is 18.2 Å². The van der Waals surface area contributed by atoms with Crippen LogP contribution in [0.25, 0.3) is 11.0 Å².